The standard InChI is InChI=1S/C21H25FN4O2/c1-15(2)14-24-20(27)18-13-16(7-8-23-18)21(28)26-11-9-25(10-12-26)19-6-4-3-5-17(19)22/h3-8,13,15H,9-12,14H2,1-2H3,(H,24,27). The van der Waals surface area contributed by atoms with Crippen LogP contribution in [0.2, 0.25) is 0 Å². The van der Waals surface area contributed by atoms with Gasteiger partial charge in [0.1, 0.15) is 11.5 Å². The number of rotatable bonds is 5. The zero-order valence-corrected chi connectivity index (χ0v) is 16.2. The maximum absolute atomic E-state index is 14.0. The third-order valence-electron chi connectivity index (χ3n) is 4.67. The lowest BCUT2D eigenvalue weighted by Gasteiger charge is -2.36. The summed E-state index contributed by atoms with van der Waals surface area (Å²) < 4.78 is 14.0. The van der Waals surface area contributed by atoms with E-state index >= 15 is 0 Å². The Morgan fingerprint density at radius 3 is 2.54 bits per heavy atom. The number of piperazine rings is 1. The van der Waals surface area contributed by atoms with Crippen molar-refractivity contribution in [3.63, 3.8) is 0 Å². The number of carbonyl (C=O) groups excluding carboxylic acids is 2. The number of hydrogen-bond donors (Lipinski definition) is 1. The molecule has 2 aromatic rings. The zero-order chi connectivity index (χ0) is 20.1. The summed E-state index contributed by atoms with van der Waals surface area (Å²) in [6.45, 7) is 6.66. The molecule has 0 saturated carbocycles. The fourth-order valence-corrected chi connectivity index (χ4v) is 3.12. The lowest BCUT2D eigenvalue weighted by atomic mass is 10.1. The topological polar surface area (TPSA) is 65.5 Å². The molecule has 1 aromatic heterocycles. The van der Waals surface area contributed by atoms with E-state index in [0.29, 0.717) is 49.9 Å². The number of carbonyl (C=O) groups is 2. The number of nitrogens with zero attached hydrogens (tertiary/aromatic N) is 3. The average molecular weight is 384 g/mol. The van der Waals surface area contributed by atoms with Gasteiger partial charge < -0.3 is 15.1 Å². The number of anilines is 1. The molecule has 0 unspecified atom stereocenters. The first kappa shape index (κ1) is 19.8. The van der Waals surface area contributed by atoms with Crippen LogP contribution in [0.15, 0.2) is 42.6 Å². The summed E-state index contributed by atoms with van der Waals surface area (Å²) in [4.78, 5) is 32.8. The van der Waals surface area contributed by atoms with Gasteiger partial charge in [0.05, 0.1) is 5.69 Å². The summed E-state index contributed by atoms with van der Waals surface area (Å²) >= 11 is 0. The highest BCUT2D eigenvalue weighted by Gasteiger charge is 2.24. The van der Waals surface area contributed by atoms with Crippen LogP contribution in [-0.2, 0) is 0 Å². The van der Waals surface area contributed by atoms with Gasteiger partial charge >= 0.3 is 0 Å². The lowest BCUT2D eigenvalue weighted by Crippen LogP contribution is -2.49. The van der Waals surface area contributed by atoms with Crippen LogP contribution in [0.3, 0.4) is 0 Å². The van der Waals surface area contributed by atoms with Gasteiger partial charge in [0.15, 0.2) is 0 Å². The Bertz CT molecular complexity index is 848. The molecule has 2 heterocycles. The Morgan fingerprint density at radius 1 is 1.14 bits per heavy atom. The molecule has 1 aromatic carbocycles. The fraction of sp³-hybridized carbons (Fsp3) is 0.381. The summed E-state index contributed by atoms with van der Waals surface area (Å²) in [5, 5.41) is 2.80. The minimum atomic E-state index is -0.285. The van der Waals surface area contributed by atoms with Crippen LogP contribution in [-0.4, -0.2) is 54.4 Å². The molecule has 1 aliphatic rings. The number of benzene rings is 1. The first-order valence-electron chi connectivity index (χ1n) is 9.48. The lowest BCUT2D eigenvalue weighted by molar-refractivity contribution is 0.0746. The Hall–Kier alpha value is -2.96. The highest BCUT2D eigenvalue weighted by Crippen LogP contribution is 2.20. The molecule has 28 heavy (non-hydrogen) atoms. The van der Waals surface area contributed by atoms with Crippen LogP contribution in [0.1, 0.15) is 34.7 Å². The molecular formula is C21H25FN4O2. The van der Waals surface area contributed by atoms with E-state index in [-0.39, 0.29) is 23.3 Å². The predicted octanol–water partition coefficient (Wildman–Crippen LogP) is 2.57. The van der Waals surface area contributed by atoms with Gasteiger partial charge in [-0.05, 0) is 30.2 Å². The molecule has 0 atom stereocenters. The quantitative estimate of drug-likeness (QED) is 0.861. The number of aromatic nitrogens is 1. The summed E-state index contributed by atoms with van der Waals surface area (Å²) in [6, 6.07) is 9.80. The number of hydrogen-bond acceptors (Lipinski definition) is 4. The minimum Gasteiger partial charge on any atom is -0.366 e. The molecule has 1 aliphatic heterocycles. The van der Waals surface area contributed by atoms with Crippen LogP contribution in [0.5, 0.6) is 0 Å². The molecule has 1 fully saturated rings. The van der Waals surface area contributed by atoms with E-state index in [1.807, 2.05) is 18.7 Å². The normalized spacial score (nSPS) is 14.3. The Kier molecular flexibility index (Phi) is 6.23. The van der Waals surface area contributed by atoms with Crippen molar-refractivity contribution in [1.82, 2.24) is 15.2 Å². The van der Waals surface area contributed by atoms with Gasteiger partial charge in [-0.3, -0.25) is 14.6 Å². The van der Waals surface area contributed by atoms with Gasteiger partial charge in [-0.15, -0.1) is 0 Å². The highest BCUT2D eigenvalue weighted by atomic mass is 19.1. The molecular weight excluding hydrogens is 359 g/mol. The second-order valence-electron chi connectivity index (χ2n) is 7.26. The maximum Gasteiger partial charge on any atom is 0.269 e. The highest BCUT2D eigenvalue weighted by molar-refractivity contribution is 5.98. The largest absolute Gasteiger partial charge is 0.366 e. The van der Waals surface area contributed by atoms with E-state index in [2.05, 4.69) is 10.3 Å². The molecule has 3 rings (SSSR count). The predicted molar refractivity (Wildman–Crippen MR) is 106 cm³/mol. The number of para-hydroxylation sites is 1. The van der Waals surface area contributed by atoms with Crippen LogP contribution >= 0.6 is 0 Å². The van der Waals surface area contributed by atoms with E-state index in [0.717, 1.165) is 0 Å². The van der Waals surface area contributed by atoms with Gasteiger partial charge in [0, 0.05) is 44.5 Å². The van der Waals surface area contributed by atoms with Crippen molar-refractivity contribution in [3.8, 4) is 0 Å². The van der Waals surface area contributed by atoms with Crippen LogP contribution in [0.4, 0.5) is 10.1 Å². The first-order valence-corrected chi connectivity index (χ1v) is 9.48. The van der Waals surface area contributed by atoms with Crippen molar-refractivity contribution in [1.29, 1.82) is 0 Å². The number of pyridine rings is 1. The summed E-state index contributed by atoms with van der Waals surface area (Å²) in [5.74, 6) is -0.353. The molecule has 0 spiro atoms. The smallest absolute Gasteiger partial charge is 0.269 e. The SMILES string of the molecule is CC(C)CNC(=O)c1cc(C(=O)N2CCN(c3ccccc3F)CC2)ccn1. The third kappa shape index (κ3) is 4.65. The van der Waals surface area contributed by atoms with Crippen molar-refractivity contribution in [3.05, 3.63) is 59.7 Å². The summed E-state index contributed by atoms with van der Waals surface area (Å²) in [5.41, 5.74) is 1.23. The van der Waals surface area contributed by atoms with Crippen molar-refractivity contribution in [2.45, 2.75) is 13.8 Å². The van der Waals surface area contributed by atoms with Gasteiger partial charge in [-0.25, -0.2) is 4.39 Å². The molecule has 2 amide bonds. The zero-order valence-electron chi connectivity index (χ0n) is 16.2. The van der Waals surface area contributed by atoms with Gasteiger partial charge in [-0.2, -0.15) is 0 Å². The van der Waals surface area contributed by atoms with Crippen LogP contribution < -0.4 is 10.2 Å². The third-order valence-corrected chi connectivity index (χ3v) is 4.67. The van der Waals surface area contributed by atoms with E-state index in [1.54, 1.807) is 29.2 Å². The monoisotopic (exact) mass is 384 g/mol. The van der Waals surface area contributed by atoms with E-state index in [1.165, 1.54) is 18.3 Å². The average Bonchev–Trinajstić information content (AvgIpc) is 2.72. The van der Waals surface area contributed by atoms with Gasteiger partial charge in [0.25, 0.3) is 11.8 Å². The fourth-order valence-electron chi connectivity index (χ4n) is 3.12. The Morgan fingerprint density at radius 2 is 1.86 bits per heavy atom. The number of amides is 2. The molecule has 0 aliphatic carbocycles. The van der Waals surface area contributed by atoms with E-state index < -0.39 is 0 Å². The molecule has 6 nitrogen and oxygen atoms in total. The molecule has 1 N–H and O–H groups in total. The summed E-state index contributed by atoms with van der Waals surface area (Å²) in [6.07, 6.45) is 1.48. The van der Waals surface area contributed by atoms with Crippen molar-refractivity contribution >= 4 is 17.5 Å². The minimum absolute atomic E-state index is 0.145. The molecule has 0 radical (unpaired) electrons. The Labute approximate surface area is 164 Å². The number of halogens is 1. The maximum atomic E-state index is 14.0. The molecule has 7 heteroatoms. The van der Waals surface area contributed by atoms with Crippen LogP contribution in [0.25, 0.3) is 0 Å². The van der Waals surface area contributed by atoms with Crippen molar-refractivity contribution in [2.75, 3.05) is 37.6 Å². The van der Waals surface area contributed by atoms with E-state index in [4.69, 9.17) is 0 Å². The van der Waals surface area contributed by atoms with Crippen LogP contribution in [0, 0.1) is 11.7 Å². The van der Waals surface area contributed by atoms with Crippen molar-refractivity contribution < 1.29 is 14.0 Å². The second-order valence-corrected chi connectivity index (χ2v) is 7.26. The summed E-state index contributed by atoms with van der Waals surface area (Å²) in [7, 11) is 0. The van der Waals surface area contributed by atoms with E-state index in [9.17, 15) is 14.0 Å². The second kappa shape index (κ2) is 8.82. The number of nitrogens with one attached hydrogen (secondary N) is 1. The molecule has 0 bridgehead atoms. The Balaban J connectivity index is 1.63. The van der Waals surface area contributed by atoms with Crippen molar-refractivity contribution in [2.24, 2.45) is 5.92 Å². The molecule has 1 saturated heterocycles. The first-order chi connectivity index (χ1) is 13.5. The van der Waals surface area contributed by atoms with Gasteiger partial charge in [-0.1, -0.05) is 26.0 Å². The molecule has 148 valence electrons. The van der Waals surface area contributed by atoms with Gasteiger partial charge in [0.2, 0.25) is 0 Å².